The van der Waals surface area contributed by atoms with Gasteiger partial charge in [0.1, 0.15) is 0 Å². The van der Waals surface area contributed by atoms with E-state index in [1.54, 1.807) is 32.2 Å². The van der Waals surface area contributed by atoms with E-state index in [-0.39, 0.29) is 28.0 Å². The molecule has 2 heterocycles. The Balaban J connectivity index is 1.87. The number of nitrogens with zero attached hydrogens (tertiary/aromatic N) is 3. The molecule has 0 aliphatic carbocycles. The van der Waals surface area contributed by atoms with Gasteiger partial charge in [-0.2, -0.15) is 0 Å². The van der Waals surface area contributed by atoms with Crippen LogP contribution in [0.3, 0.4) is 0 Å². The van der Waals surface area contributed by atoms with Gasteiger partial charge in [-0.3, -0.25) is 4.79 Å². The van der Waals surface area contributed by atoms with Crippen LogP contribution in [-0.4, -0.2) is 38.6 Å². The second-order valence-electron chi connectivity index (χ2n) is 6.96. The molecule has 0 radical (unpaired) electrons. The lowest BCUT2D eigenvalue weighted by molar-refractivity contribution is 0.0690. The minimum atomic E-state index is -1.22. The molecule has 2 aromatic heterocycles. The topological polar surface area (TPSA) is 108 Å². The molecule has 9 heteroatoms. The van der Waals surface area contributed by atoms with Gasteiger partial charge in [-0.1, -0.05) is 29.8 Å². The van der Waals surface area contributed by atoms with Crippen LogP contribution in [0.15, 0.2) is 59.4 Å². The third-order valence-corrected chi connectivity index (χ3v) is 5.27. The van der Waals surface area contributed by atoms with Crippen molar-refractivity contribution in [3.05, 3.63) is 86.9 Å². The number of carboxylic acids is 1. The van der Waals surface area contributed by atoms with E-state index in [4.69, 9.17) is 11.6 Å². The van der Waals surface area contributed by atoms with Crippen LogP contribution < -0.4 is 10.6 Å². The summed E-state index contributed by atoms with van der Waals surface area (Å²) in [6.45, 7) is 1.67. The third kappa shape index (κ3) is 3.57. The fourth-order valence-electron chi connectivity index (χ4n) is 3.34. The van der Waals surface area contributed by atoms with Gasteiger partial charge in [0.05, 0.1) is 16.2 Å². The number of hydrogen-bond acceptors (Lipinski definition) is 4. The van der Waals surface area contributed by atoms with Crippen LogP contribution in [0.1, 0.15) is 26.4 Å². The van der Waals surface area contributed by atoms with E-state index in [1.165, 1.54) is 27.7 Å². The summed E-state index contributed by atoms with van der Waals surface area (Å²) >= 11 is 6.36. The van der Waals surface area contributed by atoms with Crippen molar-refractivity contribution in [1.29, 1.82) is 0 Å². The SMILES string of the molecule is Cc1cc(C(=O)O)nc2c1[nH]c(=O)n2-c1cc(C(=O)N(C)c2ccccc2)ccc1Cl. The molecular weight excluding hydrogens is 420 g/mol. The Labute approximate surface area is 181 Å². The summed E-state index contributed by atoms with van der Waals surface area (Å²) in [6.07, 6.45) is 0. The molecule has 0 atom stereocenters. The molecule has 0 aliphatic heterocycles. The predicted molar refractivity (Wildman–Crippen MR) is 118 cm³/mol. The van der Waals surface area contributed by atoms with Gasteiger partial charge in [0.2, 0.25) is 0 Å². The van der Waals surface area contributed by atoms with Gasteiger partial charge in [-0.25, -0.2) is 19.1 Å². The first kappa shape index (κ1) is 20.4. The van der Waals surface area contributed by atoms with Gasteiger partial charge < -0.3 is 15.0 Å². The number of fused-ring (bicyclic) bond motifs is 1. The number of aryl methyl sites for hydroxylation is 1. The molecule has 0 fully saturated rings. The van der Waals surface area contributed by atoms with Crippen molar-refractivity contribution in [1.82, 2.24) is 14.5 Å². The number of aromatic carboxylic acids is 1. The van der Waals surface area contributed by atoms with E-state index in [2.05, 4.69) is 9.97 Å². The highest BCUT2D eigenvalue weighted by Gasteiger charge is 2.20. The molecule has 156 valence electrons. The summed E-state index contributed by atoms with van der Waals surface area (Å²) in [7, 11) is 1.65. The number of carbonyl (C=O) groups is 2. The first-order chi connectivity index (χ1) is 14.8. The highest BCUT2D eigenvalue weighted by molar-refractivity contribution is 6.32. The first-order valence-corrected chi connectivity index (χ1v) is 9.64. The number of halogens is 1. The van der Waals surface area contributed by atoms with E-state index >= 15 is 0 Å². The minimum Gasteiger partial charge on any atom is -0.477 e. The molecule has 2 aromatic carbocycles. The molecule has 0 unspecified atom stereocenters. The number of rotatable bonds is 4. The number of benzene rings is 2. The Morgan fingerprint density at radius 1 is 1.13 bits per heavy atom. The summed E-state index contributed by atoms with van der Waals surface area (Å²) in [4.78, 5) is 45.5. The normalized spacial score (nSPS) is 10.9. The molecule has 4 rings (SSSR count). The van der Waals surface area contributed by atoms with Crippen molar-refractivity contribution < 1.29 is 14.7 Å². The van der Waals surface area contributed by atoms with Crippen LogP contribution in [0.25, 0.3) is 16.9 Å². The van der Waals surface area contributed by atoms with Crippen molar-refractivity contribution in [2.75, 3.05) is 11.9 Å². The maximum atomic E-state index is 13.0. The number of hydrogen-bond donors (Lipinski definition) is 2. The van der Waals surface area contributed by atoms with Crippen LogP contribution in [0, 0.1) is 6.92 Å². The molecule has 0 bridgehead atoms. The maximum Gasteiger partial charge on any atom is 0.354 e. The van der Waals surface area contributed by atoms with Gasteiger partial charge in [0, 0.05) is 18.3 Å². The Morgan fingerprint density at radius 3 is 2.52 bits per heavy atom. The number of amides is 1. The lowest BCUT2D eigenvalue weighted by Gasteiger charge is -2.18. The third-order valence-electron chi connectivity index (χ3n) is 4.95. The predicted octanol–water partition coefficient (Wildman–Crippen LogP) is 3.65. The van der Waals surface area contributed by atoms with Gasteiger partial charge >= 0.3 is 11.7 Å². The Kier molecular flexibility index (Phi) is 5.08. The largest absolute Gasteiger partial charge is 0.477 e. The van der Waals surface area contributed by atoms with Crippen molar-refractivity contribution in [2.45, 2.75) is 6.92 Å². The smallest absolute Gasteiger partial charge is 0.354 e. The van der Waals surface area contributed by atoms with Crippen LogP contribution in [0.4, 0.5) is 5.69 Å². The van der Waals surface area contributed by atoms with Crippen molar-refractivity contribution in [3.63, 3.8) is 0 Å². The van der Waals surface area contributed by atoms with E-state index in [9.17, 15) is 19.5 Å². The number of anilines is 1. The lowest BCUT2D eigenvalue weighted by Crippen LogP contribution is -2.26. The van der Waals surface area contributed by atoms with E-state index in [1.807, 2.05) is 18.2 Å². The number of para-hydroxylation sites is 1. The highest BCUT2D eigenvalue weighted by Crippen LogP contribution is 2.26. The van der Waals surface area contributed by atoms with Crippen LogP contribution in [0.2, 0.25) is 5.02 Å². The number of carboxylic acid groups (broad SMARTS) is 1. The van der Waals surface area contributed by atoms with E-state index in [0.29, 0.717) is 22.3 Å². The standard InChI is InChI=1S/C22H17ClN4O4/c1-12-10-16(21(29)30)24-19-18(12)25-22(31)27(19)17-11-13(8-9-15(17)23)20(28)26(2)14-6-4-3-5-7-14/h3-11H,1-2H3,(H,25,31)(H,29,30). The first-order valence-electron chi connectivity index (χ1n) is 9.26. The summed E-state index contributed by atoms with van der Waals surface area (Å²) in [5, 5.41) is 9.55. The van der Waals surface area contributed by atoms with Crippen molar-refractivity contribution in [3.8, 4) is 5.69 Å². The lowest BCUT2D eigenvalue weighted by atomic mass is 10.1. The zero-order valence-corrected chi connectivity index (χ0v) is 17.3. The number of aromatic amines is 1. The second kappa shape index (κ2) is 7.73. The Hall–Kier alpha value is -3.91. The molecule has 4 aromatic rings. The number of imidazole rings is 1. The van der Waals surface area contributed by atoms with Gasteiger partial charge in [0.25, 0.3) is 5.91 Å². The monoisotopic (exact) mass is 436 g/mol. The van der Waals surface area contributed by atoms with Crippen molar-refractivity contribution in [2.24, 2.45) is 0 Å². The van der Waals surface area contributed by atoms with Crippen LogP contribution in [-0.2, 0) is 0 Å². The summed E-state index contributed by atoms with van der Waals surface area (Å²) in [5.74, 6) is -1.52. The van der Waals surface area contributed by atoms with E-state index < -0.39 is 11.7 Å². The molecule has 8 nitrogen and oxygen atoms in total. The summed E-state index contributed by atoms with van der Waals surface area (Å²) in [5.41, 5.74) is 1.54. The molecular formula is C22H17ClN4O4. The molecule has 0 aliphatic rings. The van der Waals surface area contributed by atoms with Gasteiger partial charge in [-0.15, -0.1) is 0 Å². The fourth-order valence-corrected chi connectivity index (χ4v) is 3.55. The number of pyridine rings is 1. The van der Waals surface area contributed by atoms with Crippen molar-refractivity contribution >= 4 is 40.3 Å². The molecule has 31 heavy (non-hydrogen) atoms. The molecule has 2 N–H and O–H groups in total. The molecule has 0 spiro atoms. The zero-order valence-electron chi connectivity index (χ0n) is 16.6. The Morgan fingerprint density at radius 2 is 1.84 bits per heavy atom. The average molecular weight is 437 g/mol. The van der Waals surface area contributed by atoms with Crippen LogP contribution in [0.5, 0.6) is 0 Å². The quantitative estimate of drug-likeness (QED) is 0.507. The fraction of sp³-hybridized carbons (Fsp3) is 0.0909. The maximum absolute atomic E-state index is 13.0. The summed E-state index contributed by atoms with van der Waals surface area (Å²) in [6, 6.07) is 15.1. The number of carbonyl (C=O) groups excluding carboxylic acids is 1. The number of nitrogens with one attached hydrogen (secondary N) is 1. The van der Waals surface area contributed by atoms with E-state index in [0.717, 1.165) is 0 Å². The molecule has 0 saturated heterocycles. The van der Waals surface area contributed by atoms with Gasteiger partial charge in [-0.05, 0) is 48.9 Å². The minimum absolute atomic E-state index is 0.116. The highest BCUT2D eigenvalue weighted by atomic mass is 35.5. The molecule has 1 amide bonds. The van der Waals surface area contributed by atoms with Crippen LogP contribution >= 0.6 is 11.6 Å². The molecule has 0 saturated carbocycles. The average Bonchev–Trinajstić information content (AvgIpc) is 3.10. The second-order valence-corrected chi connectivity index (χ2v) is 7.37. The zero-order chi connectivity index (χ0) is 22.3. The number of aromatic nitrogens is 3. The van der Waals surface area contributed by atoms with Gasteiger partial charge in [0.15, 0.2) is 11.3 Å². The Bertz CT molecular complexity index is 1390. The summed E-state index contributed by atoms with van der Waals surface area (Å²) < 4.78 is 1.18. The number of H-pyrrole nitrogens is 1.